The van der Waals surface area contributed by atoms with Gasteiger partial charge in [-0.15, -0.1) is 0 Å². The molecule has 1 saturated heterocycles. The van der Waals surface area contributed by atoms with Crippen LogP contribution in [0.3, 0.4) is 0 Å². The van der Waals surface area contributed by atoms with Gasteiger partial charge in [-0.05, 0) is 18.6 Å². The Morgan fingerprint density at radius 3 is 3.00 bits per heavy atom. The van der Waals surface area contributed by atoms with Crippen molar-refractivity contribution in [2.75, 3.05) is 29.5 Å². The highest BCUT2D eigenvalue weighted by Crippen LogP contribution is 2.26. The van der Waals surface area contributed by atoms with Crippen LogP contribution in [-0.2, 0) is 0 Å². The minimum Gasteiger partial charge on any atom is -0.365 e. The van der Waals surface area contributed by atoms with Crippen LogP contribution in [0.5, 0.6) is 0 Å². The second-order valence-corrected chi connectivity index (χ2v) is 5.09. The largest absolute Gasteiger partial charge is 0.365 e. The lowest BCUT2D eigenvalue weighted by atomic mass is 10.1. The van der Waals surface area contributed by atoms with Crippen molar-refractivity contribution in [3.8, 4) is 0 Å². The predicted molar refractivity (Wildman–Crippen MR) is 68.7 cm³/mol. The van der Waals surface area contributed by atoms with E-state index in [2.05, 4.69) is 36.1 Å². The Kier molecular flexibility index (Phi) is 3.54. The molecule has 15 heavy (non-hydrogen) atoms. The van der Waals surface area contributed by atoms with Crippen molar-refractivity contribution in [3.63, 3.8) is 0 Å². The normalized spacial score (nSPS) is 21.7. The van der Waals surface area contributed by atoms with E-state index in [0.29, 0.717) is 6.04 Å². The summed E-state index contributed by atoms with van der Waals surface area (Å²) >= 11 is 2.01. The Balaban J connectivity index is 2.24. The van der Waals surface area contributed by atoms with E-state index in [-0.39, 0.29) is 0 Å². The molecule has 1 aliphatic rings. The van der Waals surface area contributed by atoms with Crippen molar-refractivity contribution in [1.29, 1.82) is 0 Å². The number of rotatable bonds is 2. The van der Waals surface area contributed by atoms with Crippen molar-refractivity contribution in [2.45, 2.75) is 13.0 Å². The highest BCUT2D eigenvalue weighted by molar-refractivity contribution is 7.99. The van der Waals surface area contributed by atoms with E-state index in [9.17, 15) is 0 Å². The number of hydrogen-bond acceptors (Lipinski definition) is 3. The van der Waals surface area contributed by atoms with Gasteiger partial charge in [-0.25, -0.2) is 0 Å². The van der Waals surface area contributed by atoms with Gasteiger partial charge < -0.3 is 10.6 Å². The monoisotopic (exact) mass is 222 g/mol. The third-order valence-corrected chi connectivity index (χ3v) is 4.02. The molecule has 1 aromatic rings. The zero-order valence-corrected chi connectivity index (χ0v) is 9.96. The van der Waals surface area contributed by atoms with Gasteiger partial charge in [0, 0.05) is 30.3 Å². The number of aryl methyl sites for hydroxylation is 1. The Morgan fingerprint density at radius 2 is 2.27 bits per heavy atom. The van der Waals surface area contributed by atoms with Crippen LogP contribution in [0.25, 0.3) is 0 Å². The fourth-order valence-electron chi connectivity index (χ4n) is 2.05. The van der Waals surface area contributed by atoms with Crippen LogP contribution in [0.15, 0.2) is 24.3 Å². The van der Waals surface area contributed by atoms with Gasteiger partial charge in [0.1, 0.15) is 0 Å². The molecule has 0 bridgehead atoms. The second-order valence-electron chi connectivity index (χ2n) is 3.94. The molecule has 1 fully saturated rings. The maximum Gasteiger partial charge on any atom is 0.0503 e. The maximum atomic E-state index is 5.83. The molecular weight excluding hydrogens is 204 g/mol. The first kappa shape index (κ1) is 10.8. The molecule has 1 heterocycles. The number of thioether (sulfide) groups is 1. The molecule has 2 N–H and O–H groups in total. The SMILES string of the molecule is Cc1ccccc1N1CCSCC1CN. The average molecular weight is 222 g/mol. The van der Waals surface area contributed by atoms with E-state index in [1.165, 1.54) is 17.0 Å². The van der Waals surface area contributed by atoms with Gasteiger partial charge in [-0.2, -0.15) is 11.8 Å². The molecule has 1 aromatic carbocycles. The number of nitrogens with two attached hydrogens (primary N) is 1. The Labute approximate surface area is 95.8 Å². The predicted octanol–water partition coefficient (Wildman–Crippen LogP) is 1.88. The summed E-state index contributed by atoms with van der Waals surface area (Å²) in [7, 11) is 0. The Morgan fingerprint density at radius 1 is 1.47 bits per heavy atom. The van der Waals surface area contributed by atoms with Gasteiger partial charge in [0.2, 0.25) is 0 Å². The van der Waals surface area contributed by atoms with Crippen LogP contribution in [0.1, 0.15) is 5.56 Å². The fraction of sp³-hybridized carbons (Fsp3) is 0.500. The zero-order chi connectivity index (χ0) is 10.7. The highest BCUT2D eigenvalue weighted by Gasteiger charge is 2.22. The first-order valence-corrected chi connectivity index (χ1v) is 6.58. The van der Waals surface area contributed by atoms with E-state index in [1.54, 1.807) is 0 Å². The first-order valence-electron chi connectivity index (χ1n) is 5.43. The third kappa shape index (κ3) is 2.29. The summed E-state index contributed by atoms with van der Waals surface area (Å²) in [6.07, 6.45) is 0. The van der Waals surface area contributed by atoms with Crippen LogP contribution in [0.2, 0.25) is 0 Å². The zero-order valence-electron chi connectivity index (χ0n) is 9.15. The van der Waals surface area contributed by atoms with Gasteiger partial charge in [0.15, 0.2) is 0 Å². The van der Waals surface area contributed by atoms with Crippen LogP contribution >= 0.6 is 11.8 Å². The lowest BCUT2D eigenvalue weighted by Crippen LogP contribution is -2.47. The molecule has 0 aliphatic carbocycles. The van der Waals surface area contributed by atoms with Gasteiger partial charge in [0.25, 0.3) is 0 Å². The van der Waals surface area contributed by atoms with Crippen LogP contribution in [0.4, 0.5) is 5.69 Å². The van der Waals surface area contributed by atoms with Crippen LogP contribution in [0, 0.1) is 6.92 Å². The summed E-state index contributed by atoms with van der Waals surface area (Å²) in [5.41, 5.74) is 8.53. The molecule has 0 amide bonds. The van der Waals surface area contributed by atoms with E-state index < -0.39 is 0 Å². The summed E-state index contributed by atoms with van der Waals surface area (Å²) in [5.74, 6) is 2.37. The summed E-state index contributed by atoms with van der Waals surface area (Å²) in [5, 5.41) is 0. The molecule has 1 unspecified atom stereocenters. The van der Waals surface area contributed by atoms with Crippen molar-refractivity contribution < 1.29 is 0 Å². The van der Waals surface area contributed by atoms with Gasteiger partial charge in [-0.1, -0.05) is 18.2 Å². The van der Waals surface area contributed by atoms with E-state index in [4.69, 9.17) is 5.73 Å². The van der Waals surface area contributed by atoms with Gasteiger partial charge in [-0.3, -0.25) is 0 Å². The number of benzene rings is 1. The first-order chi connectivity index (χ1) is 7.33. The summed E-state index contributed by atoms with van der Waals surface area (Å²) < 4.78 is 0. The lowest BCUT2D eigenvalue weighted by molar-refractivity contribution is 0.653. The van der Waals surface area contributed by atoms with E-state index in [1.807, 2.05) is 11.8 Å². The van der Waals surface area contributed by atoms with Crippen molar-refractivity contribution in [3.05, 3.63) is 29.8 Å². The minimum absolute atomic E-state index is 0.504. The average Bonchev–Trinajstić information content (AvgIpc) is 2.30. The lowest BCUT2D eigenvalue weighted by Gasteiger charge is -2.37. The van der Waals surface area contributed by atoms with E-state index in [0.717, 1.165) is 18.8 Å². The molecule has 0 aromatic heterocycles. The molecule has 0 spiro atoms. The standard InChI is InChI=1S/C12H18N2S/c1-10-4-2-3-5-12(10)14-6-7-15-9-11(14)8-13/h2-5,11H,6-9,13H2,1H3. The fourth-order valence-corrected chi connectivity index (χ4v) is 3.13. The molecule has 0 saturated carbocycles. The molecule has 2 rings (SSSR count). The summed E-state index contributed by atoms with van der Waals surface area (Å²) in [6.45, 7) is 4.05. The second kappa shape index (κ2) is 4.90. The highest BCUT2D eigenvalue weighted by atomic mass is 32.2. The van der Waals surface area contributed by atoms with Crippen LogP contribution < -0.4 is 10.6 Å². The number of hydrogen-bond donors (Lipinski definition) is 1. The van der Waals surface area contributed by atoms with Gasteiger partial charge in [0.05, 0.1) is 6.04 Å². The topological polar surface area (TPSA) is 29.3 Å². The molecule has 3 heteroatoms. The van der Waals surface area contributed by atoms with Crippen LogP contribution in [-0.4, -0.2) is 30.6 Å². The molecular formula is C12H18N2S. The van der Waals surface area contributed by atoms with Gasteiger partial charge >= 0.3 is 0 Å². The molecule has 0 radical (unpaired) electrons. The Hall–Kier alpha value is -0.670. The molecule has 2 nitrogen and oxygen atoms in total. The van der Waals surface area contributed by atoms with E-state index >= 15 is 0 Å². The number of anilines is 1. The smallest absolute Gasteiger partial charge is 0.0503 e. The summed E-state index contributed by atoms with van der Waals surface area (Å²) in [6, 6.07) is 9.08. The number of nitrogens with zero attached hydrogens (tertiary/aromatic N) is 1. The molecule has 1 aliphatic heterocycles. The maximum absolute atomic E-state index is 5.83. The third-order valence-electron chi connectivity index (χ3n) is 2.92. The molecule has 82 valence electrons. The van der Waals surface area contributed by atoms with Crippen molar-refractivity contribution >= 4 is 17.4 Å². The summed E-state index contributed by atoms with van der Waals surface area (Å²) in [4.78, 5) is 2.46. The van der Waals surface area contributed by atoms with Crippen molar-refractivity contribution in [2.24, 2.45) is 5.73 Å². The van der Waals surface area contributed by atoms with Crippen molar-refractivity contribution in [1.82, 2.24) is 0 Å². The quantitative estimate of drug-likeness (QED) is 0.828. The number of para-hydroxylation sites is 1. The molecule has 1 atom stereocenters. The Bertz CT molecular complexity index is 327. The minimum atomic E-state index is 0.504.